The van der Waals surface area contributed by atoms with Gasteiger partial charge in [0.15, 0.2) is 0 Å². The van der Waals surface area contributed by atoms with Crippen LogP contribution < -0.4 is 5.32 Å². The van der Waals surface area contributed by atoms with E-state index in [1.807, 2.05) is 6.07 Å². The van der Waals surface area contributed by atoms with Gasteiger partial charge in [-0.15, -0.1) is 0 Å². The number of hydrogen-bond donors (Lipinski definition) is 1. The number of hydrogen-bond acceptors (Lipinski definition) is 3. The van der Waals surface area contributed by atoms with Crippen LogP contribution in [0.15, 0.2) is 36.5 Å². The Morgan fingerprint density at radius 2 is 2.05 bits per heavy atom. The van der Waals surface area contributed by atoms with Crippen molar-refractivity contribution in [1.29, 1.82) is 5.26 Å². The Labute approximate surface area is 119 Å². The molecule has 6 heteroatoms. The topological polar surface area (TPSA) is 65.8 Å². The van der Waals surface area contributed by atoms with Crippen LogP contribution in [0.4, 0.5) is 5.69 Å². The summed E-state index contributed by atoms with van der Waals surface area (Å²) in [7, 11) is 0. The van der Waals surface area contributed by atoms with E-state index in [1.165, 1.54) is 30.5 Å². The van der Waals surface area contributed by atoms with Crippen molar-refractivity contribution in [1.82, 2.24) is 4.98 Å². The predicted molar refractivity (Wildman–Crippen MR) is 73.4 cm³/mol. The van der Waals surface area contributed by atoms with Crippen LogP contribution in [0.3, 0.4) is 0 Å². The summed E-state index contributed by atoms with van der Waals surface area (Å²) in [5.41, 5.74) is 1.04. The summed E-state index contributed by atoms with van der Waals surface area (Å²) in [5, 5.41) is 12.2. The Morgan fingerprint density at radius 1 is 1.26 bits per heavy atom. The number of pyridine rings is 1. The zero-order valence-electron chi connectivity index (χ0n) is 9.52. The highest BCUT2D eigenvalue weighted by Crippen LogP contribution is 2.21. The quantitative estimate of drug-likeness (QED) is 0.861. The molecule has 1 amide bonds. The van der Waals surface area contributed by atoms with Crippen LogP contribution in [0.25, 0.3) is 0 Å². The van der Waals surface area contributed by atoms with E-state index in [4.69, 9.17) is 28.5 Å². The first-order valence-electron chi connectivity index (χ1n) is 5.22. The molecule has 0 aliphatic carbocycles. The van der Waals surface area contributed by atoms with Crippen molar-refractivity contribution in [2.24, 2.45) is 0 Å². The van der Waals surface area contributed by atoms with Gasteiger partial charge in [-0.25, -0.2) is 4.98 Å². The summed E-state index contributed by atoms with van der Waals surface area (Å²) in [6.45, 7) is 0. The minimum Gasteiger partial charge on any atom is -0.321 e. The van der Waals surface area contributed by atoms with Gasteiger partial charge >= 0.3 is 0 Å². The van der Waals surface area contributed by atoms with E-state index in [1.54, 1.807) is 6.07 Å². The van der Waals surface area contributed by atoms with E-state index < -0.39 is 0 Å². The molecule has 0 unspecified atom stereocenters. The van der Waals surface area contributed by atoms with E-state index >= 15 is 0 Å². The van der Waals surface area contributed by atoms with Crippen molar-refractivity contribution >= 4 is 34.8 Å². The first-order valence-corrected chi connectivity index (χ1v) is 5.98. The molecule has 19 heavy (non-hydrogen) atoms. The smallest absolute Gasteiger partial charge is 0.255 e. The molecule has 1 aromatic carbocycles. The van der Waals surface area contributed by atoms with E-state index in [9.17, 15) is 4.79 Å². The molecule has 0 aliphatic rings. The number of benzene rings is 1. The maximum absolute atomic E-state index is 12.0. The molecule has 0 saturated carbocycles. The average Bonchev–Trinajstić information content (AvgIpc) is 2.39. The van der Waals surface area contributed by atoms with Gasteiger partial charge in [-0.05, 0) is 30.3 Å². The zero-order valence-corrected chi connectivity index (χ0v) is 11.0. The monoisotopic (exact) mass is 291 g/mol. The van der Waals surface area contributed by atoms with Crippen LogP contribution in [0.5, 0.6) is 0 Å². The number of nitrogens with one attached hydrogen (secondary N) is 1. The Morgan fingerprint density at radius 3 is 2.74 bits per heavy atom. The molecule has 94 valence electrons. The average molecular weight is 292 g/mol. The Kier molecular flexibility index (Phi) is 4.00. The zero-order chi connectivity index (χ0) is 13.8. The fourth-order valence-corrected chi connectivity index (χ4v) is 1.80. The van der Waals surface area contributed by atoms with Crippen LogP contribution in [0.2, 0.25) is 10.2 Å². The van der Waals surface area contributed by atoms with Gasteiger partial charge in [0.25, 0.3) is 5.91 Å². The van der Waals surface area contributed by atoms with Crippen LogP contribution in [0, 0.1) is 11.3 Å². The lowest BCUT2D eigenvalue weighted by molar-refractivity contribution is 0.102. The van der Waals surface area contributed by atoms with E-state index in [2.05, 4.69) is 10.3 Å². The summed E-state index contributed by atoms with van der Waals surface area (Å²) in [5.74, 6) is -0.386. The summed E-state index contributed by atoms with van der Waals surface area (Å²) in [6, 6.07) is 9.58. The molecule has 0 fully saturated rings. The van der Waals surface area contributed by atoms with Crippen LogP contribution in [-0.4, -0.2) is 10.9 Å². The SMILES string of the molecule is N#Cc1ccc(Cl)cc1NC(=O)c1ccnc(Cl)c1. The normalized spacial score (nSPS) is 9.74. The number of halogens is 2. The minimum atomic E-state index is -0.386. The van der Waals surface area contributed by atoms with Gasteiger partial charge in [0.05, 0.1) is 11.3 Å². The Hall–Kier alpha value is -2.09. The number of aromatic nitrogens is 1. The number of rotatable bonds is 2. The molecule has 0 bridgehead atoms. The van der Waals surface area contributed by atoms with Gasteiger partial charge in [0.2, 0.25) is 0 Å². The lowest BCUT2D eigenvalue weighted by atomic mass is 10.2. The molecule has 1 heterocycles. The second-order valence-electron chi connectivity index (χ2n) is 3.62. The van der Waals surface area contributed by atoms with E-state index in [-0.39, 0.29) is 11.1 Å². The number of anilines is 1. The van der Waals surface area contributed by atoms with Gasteiger partial charge in [-0.1, -0.05) is 23.2 Å². The first kappa shape index (κ1) is 13.3. The minimum absolute atomic E-state index is 0.222. The molecule has 4 nitrogen and oxygen atoms in total. The van der Waals surface area contributed by atoms with Gasteiger partial charge in [-0.3, -0.25) is 4.79 Å². The largest absolute Gasteiger partial charge is 0.321 e. The third-order valence-electron chi connectivity index (χ3n) is 2.34. The number of nitriles is 1. The Balaban J connectivity index is 2.29. The predicted octanol–water partition coefficient (Wildman–Crippen LogP) is 3.51. The highest BCUT2D eigenvalue weighted by molar-refractivity contribution is 6.31. The molecule has 0 aliphatic heterocycles. The molecule has 2 aromatic rings. The number of carbonyl (C=O) groups excluding carboxylic acids is 1. The van der Waals surface area contributed by atoms with Crippen molar-refractivity contribution in [3.05, 3.63) is 57.8 Å². The van der Waals surface area contributed by atoms with E-state index in [0.29, 0.717) is 21.8 Å². The molecular formula is C13H7Cl2N3O. The van der Waals surface area contributed by atoms with Crippen molar-refractivity contribution < 1.29 is 4.79 Å². The number of nitrogens with zero attached hydrogens (tertiary/aromatic N) is 2. The summed E-state index contributed by atoms with van der Waals surface area (Å²) in [6.07, 6.45) is 1.43. The third kappa shape index (κ3) is 3.22. The molecule has 0 spiro atoms. The van der Waals surface area contributed by atoms with Gasteiger partial charge in [-0.2, -0.15) is 5.26 Å². The molecule has 0 atom stereocenters. The van der Waals surface area contributed by atoms with Crippen LogP contribution in [-0.2, 0) is 0 Å². The lowest BCUT2D eigenvalue weighted by Gasteiger charge is -2.07. The second kappa shape index (κ2) is 5.70. The third-order valence-corrected chi connectivity index (χ3v) is 2.78. The van der Waals surface area contributed by atoms with Crippen molar-refractivity contribution in [3.8, 4) is 6.07 Å². The second-order valence-corrected chi connectivity index (χ2v) is 4.45. The molecule has 1 N–H and O–H groups in total. The Bertz CT molecular complexity index is 680. The summed E-state index contributed by atoms with van der Waals surface area (Å²) >= 11 is 11.5. The summed E-state index contributed by atoms with van der Waals surface area (Å²) < 4.78 is 0. The maximum Gasteiger partial charge on any atom is 0.255 e. The van der Waals surface area contributed by atoms with Crippen LogP contribution >= 0.6 is 23.2 Å². The fourth-order valence-electron chi connectivity index (χ4n) is 1.46. The first-order chi connectivity index (χ1) is 9.10. The summed E-state index contributed by atoms with van der Waals surface area (Å²) in [4.78, 5) is 15.8. The van der Waals surface area contributed by atoms with Gasteiger partial charge < -0.3 is 5.32 Å². The molecule has 2 rings (SSSR count). The van der Waals surface area contributed by atoms with Crippen molar-refractivity contribution in [2.75, 3.05) is 5.32 Å². The lowest BCUT2D eigenvalue weighted by Crippen LogP contribution is -2.13. The fraction of sp³-hybridized carbons (Fsp3) is 0. The molecule has 0 saturated heterocycles. The van der Waals surface area contributed by atoms with Gasteiger partial charge in [0, 0.05) is 16.8 Å². The highest BCUT2D eigenvalue weighted by atomic mass is 35.5. The standard InChI is InChI=1S/C13H7Cl2N3O/c14-10-2-1-9(7-16)11(6-10)18-13(19)8-3-4-17-12(15)5-8/h1-6H,(H,18,19). The molecular weight excluding hydrogens is 285 g/mol. The molecule has 0 radical (unpaired) electrons. The highest BCUT2D eigenvalue weighted by Gasteiger charge is 2.10. The van der Waals surface area contributed by atoms with E-state index in [0.717, 1.165) is 0 Å². The van der Waals surface area contributed by atoms with Gasteiger partial charge in [0.1, 0.15) is 11.2 Å². The number of amides is 1. The maximum atomic E-state index is 12.0. The van der Waals surface area contributed by atoms with Crippen molar-refractivity contribution in [2.45, 2.75) is 0 Å². The van der Waals surface area contributed by atoms with Crippen LogP contribution in [0.1, 0.15) is 15.9 Å². The van der Waals surface area contributed by atoms with Crippen molar-refractivity contribution in [3.63, 3.8) is 0 Å². The molecule has 1 aromatic heterocycles. The number of carbonyl (C=O) groups is 1.